The first-order chi connectivity index (χ1) is 13.2. The molecular formula is C17H24ClF3N5O2+. The third kappa shape index (κ3) is 6.43. The van der Waals surface area contributed by atoms with E-state index in [1.54, 1.807) is 4.90 Å². The zero-order valence-corrected chi connectivity index (χ0v) is 16.1. The number of nitrogens with two attached hydrogens (primary N) is 1. The second kappa shape index (κ2) is 9.81. The van der Waals surface area contributed by atoms with Crippen LogP contribution in [0.15, 0.2) is 12.3 Å². The summed E-state index contributed by atoms with van der Waals surface area (Å²) in [5.41, 5.74) is 4.13. The molecule has 7 nitrogen and oxygen atoms in total. The summed E-state index contributed by atoms with van der Waals surface area (Å²) in [5.74, 6) is 0.466. The molecule has 1 aliphatic heterocycles. The predicted molar refractivity (Wildman–Crippen MR) is 97.9 cm³/mol. The number of hydrogen-bond acceptors (Lipinski definition) is 3. The first-order valence-corrected chi connectivity index (χ1v) is 9.40. The molecule has 0 aromatic carbocycles. The molecular weight excluding hydrogens is 399 g/mol. The number of nitrogens with zero attached hydrogens (tertiary/aromatic N) is 2. The van der Waals surface area contributed by atoms with E-state index in [2.05, 4.69) is 10.3 Å². The number of aromatic amines is 1. The maximum atomic E-state index is 12.7. The van der Waals surface area contributed by atoms with Crippen LogP contribution in [0.1, 0.15) is 31.2 Å². The maximum Gasteiger partial charge on any atom is 0.419 e. The van der Waals surface area contributed by atoms with Crippen molar-refractivity contribution in [2.45, 2.75) is 31.9 Å². The van der Waals surface area contributed by atoms with E-state index < -0.39 is 17.8 Å². The number of H-pyrrole nitrogens is 1. The molecule has 11 heteroatoms. The first kappa shape index (κ1) is 22.1. The van der Waals surface area contributed by atoms with Gasteiger partial charge in [-0.15, -0.1) is 0 Å². The van der Waals surface area contributed by atoms with Crippen molar-refractivity contribution < 1.29 is 27.7 Å². The van der Waals surface area contributed by atoms with Crippen molar-refractivity contribution in [3.05, 3.63) is 22.8 Å². The molecule has 0 saturated carbocycles. The molecule has 2 rings (SSSR count). The maximum absolute atomic E-state index is 12.7. The molecule has 3 amide bonds. The fourth-order valence-electron chi connectivity index (χ4n) is 2.99. The summed E-state index contributed by atoms with van der Waals surface area (Å²) in [4.78, 5) is 29.0. The molecule has 4 N–H and O–H groups in total. The van der Waals surface area contributed by atoms with Crippen molar-refractivity contribution in [1.29, 1.82) is 0 Å². The van der Waals surface area contributed by atoms with Gasteiger partial charge in [0.05, 0.1) is 18.7 Å². The Labute approximate surface area is 166 Å². The van der Waals surface area contributed by atoms with Crippen LogP contribution in [0.4, 0.5) is 23.8 Å². The number of urea groups is 1. The average molecular weight is 423 g/mol. The zero-order valence-electron chi connectivity index (χ0n) is 15.3. The van der Waals surface area contributed by atoms with Crippen molar-refractivity contribution in [2.24, 2.45) is 5.73 Å². The molecule has 0 unspecified atom stereocenters. The lowest BCUT2D eigenvalue weighted by Crippen LogP contribution is -2.50. The Kier molecular flexibility index (Phi) is 7.73. The standard InChI is InChI=1S/C17H23ClF3N5O2/c18-13-10-12(17(19,20)21)11-24-15(13)26-8-6-25(7-9-26)14(27)4-2-1-3-5-23-16(22)28/h10-11H,1-9H2,(H3,22,23,28)/p+1. The van der Waals surface area contributed by atoms with Crippen LogP contribution in [-0.2, 0) is 11.0 Å². The smallest absolute Gasteiger partial charge is 0.352 e. The number of rotatable bonds is 7. The summed E-state index contributed by atoms with van der Waals surface area (Å²) in [6, 6.07) is 0.345. The molecule has 1 aliphatic rings. The van der Waals surface area contributed by atoms with Gasteiger partial charge >= 0.3 is 12.2 Å². The number of piperazine rings is 1. The number of pyridine rings is 1. The summed E-state index contributed by atoms with van der Waals surface area (Å²) in [6.07, 6.45) is -0.860. The lowest BCUT2D eigenvalue weighted by Gasteiger charge is -2.31. The molecule has 0 spiro atoms. The predicted octanol–water partition coefficient (Wildman–Crippen LogP) is 2.05. The molecule has 28 heavy (non-hydrogen) atoms. The molecule has 0 atom stereocenters. The van der Waals surface area contributed by atoms with Gasteiger partial charge in [0.2, 0.25) is 5.91 Å². The monoisotopic (exact) mass is 422 g/mol. The number of carbonyl (C=O) groups is 2. The summed E-state index contributed by atoms with van der Waals surface area (Å²) < 4.78 is 38.2. The van der Waals surface area contributed by atoms with Crippen LogP contribution in [0, 0.1) is 0 Å². The van der Waals surface area contributed by atoms with E-state index in [9.17, 15) is 22.8 Å². The number of anilines is 1. The lowest BCUT2D eigenvalue weighted by molar-refractivity contribution is -0.367. The third-order valence-electron chi connectivity index (χ3n) is 4.52. The molecule has 0 aliphatic carbocycles. The van der Waals surface area contributed by atoms with Crippen LogP contribution in [0.2, 0.25) is 5.02 Å². The fourth-order valence-corrected chi connectivity index (χ4v) is 3.29. The Morgan fingerprint density at radius 1 is 1.18 bits per heavy atom. The largest absolute Gasteiger partial charge is 0.419 e. The highest BCUT2D eigenvalue weighted by atomic mass is 35.5. The Hall–Kier alpha value is -2.23. The number of halogens is 4. The van der Waals surface area contributed by atoms with Crippen LogP contribution in [0.5, 0.6) is 0 Å². The van der Waals surface area contributed by atoms with Crippen molar-refractivity contribution >= 4 is 29.4 Å². The van der Waals surface area contributed by atoms with Gasteiger partial charge in [-0.05, 0) is 18.9 Å². The SMILES string of the molecule is NC(=O)NCCCCCC(=O)N1CCN(c2[nH+]cc(C(F)(F)F)cc2Cl)CC1. The third-order valence-corrected chi connectivity index (χ3v) is 4.80. The van der Waals surface area contributed by atoms with E-state index in [0.717, 1.165) is 31.5 Å². The van der Waals surface area contributed by atoms with Crippen LogP contribution in [0.3, 0.4) is 0 Å². The Bertz CT molecular complexity index is 694. The van der Waals surface area contributed by atoms with Gasteiger partial charge in [-0.3, -0.25) is 9.69 Å². The number of carbonyl (C=O) groups excluding carboxylic acids is 2. The Morgan fingerprint density at radius 2 is 1.86 bits per heavy atom. The van der Waals surface area contributed by atoms with Crippen LogP contribution in [-0.4, -0.2) is 49.6 Å². The summed E-state index contributed by atoms with van der Waals surface area (Å²) in [7, 11) is 0. The highest BCUT2D eigenvalue weighted by Gasteiger charge is 2.34. The lowest BCUT2D eigenvalue weighted by atomic mass is 10.1. The molecule has 0 radical (unpaired) electrons. The van der Waals surface area contributed by atoms with Gasteiger partial charge in [-0.2, -0.15) is 13.2 Å². The second-order valence-corrected chi connectivity index (χ2v) is 6.96. The number of hydrogen-bond donors (Lipinski definition) is 2. The van der Waals surface area contributed by atoms with E-state index in [1.165, 1.54) is 0 Å². The van der Waals surface area contributed by atoms with Crippen molar-refractivity contribution in [3.63, 3.8) is 0 Å². The highest BCUT2D eigenvalue weighted by molar-refractivity contribution is 6.32. The first-order valence-electron chi connectivity index (χ1n) is 9.03. The number of aromatic nitrogens is 1. The van der Waals surface area contributed by atoms with E-state index in [-0.39, 0.29) is 10.9 Å². The van der Waals surface area contributed by atoms with Gasteiger partial charge in [0.15, 0.2) is 0 Å². The van der Waals surface area contributed by atoms with Crippen molar-refractivity contribution in [3.8, 4) is 0 Å². The van der Waals surface area contributed by atoms with Crippen LogP contribution >= 0.6 is 11.6 Å². The van der Waals surface area contributed by atoms with Crippen molar-refractivity contribution in [2.75, 3.05) is 37.6 Å². The summed E-state index contributed by atoms with van der Waals surface area (Å²) in [5, 5.41) is 2.49. The molecule has 1 fully saturated rings. The van der Waals surface area contributed by atoms with E-state index >= 15 is 0 Å². The normalized spacial score (nSPS) is 14.9. The second-order valence-electron chi connectivity index (χ2n) is 6.55. The zero-order chi connectivity index (χ0) is 20.7. The number of unbranched alkanes of at least 4 members (excludes halogenated alkanes) is 2. The van der Waals surface area contributed by atoms with Crippen molar-refractivity contribution in [1.82, 2.24) is 10.2 Å². The van der Waals surface area contributed by atoms with Gasteiger partial charge < -0.3 is 16.0 Å². The minimum absolute atomic E-state index is 0.000767. The quantitative estimate of drug-likeness (QED) is 0.658. The minimum atomic E-state index is -4.46. The van der Waals surface area contributed by atoms with Crippen LogP contribution in [0.25, 0.3) is 0 Å². The van der Waals surface area contributed by atoms with Gasteiger partial charge in [-0.25, -0.2) is 9.78 Å². The number of nitrogens with one attached hydrogen (secondary N) is 2. The number of primary amides is 1. The number of alkyl halides is 3. The van der Waals surface area contributed by atoms with Crippen LogP contribution < -0.4 is 20.9 Å². The van der Waals surface area contributed by atoms with E-state index in [0.29, 0.717) is 45.0 Å². The Balaban J connectivity index is 1.76. The fraction of sp³-hybridized carbons (Fsp3) is 0.588. The van der Waals surface area contributed by atoms with E-state index in [1.807, 2.05) is 4.90 Å². The highest BCUT2D eigenvalue weighted by Crippen LogP contribution is 2.32. The minimum Gasteiger partial charge on any atom is -0.352 e. The summed E-state index contributed by atoms with van der Waals surface area (Å²) in [6.45, 7) is 2.42. The molecule has 0 bridgehead atoms. The van der Waals surface area contributed by atoms with Gasteiger partial charge in [0, 0.05) is 13.0 Å². The molecule has 1 aromatic rings. The number of amides is 3. The van der Waals surface area contributed by atoms with Gasteiger partial charge in [0.1, 0.15) is 24.3 Å². The molecule has 156 valence electrons. The molecule has 1 saturated heterocycles. The van der Waals surface area contributed by atoms with E-state index in [4.69, 9.17) is 17.3 Å². The van der Waals surface area contributed by atoms with Gasteiger partial charge in [-0.1, -0.05) is 18.0 Å². The molecule has 1 aromatic heterocycles. The van der Waals surface area contributed by atoms with Gasteiger partial charge in [0.25, 0.3) is 5.82 Å². The average Bonchev–Trinajstić information content (AvgIpc) is 2.63. The molecule has 2 heterocycles. The summed E-state index contributed by atoms with van der Waals surface area (Å²) >= 11 is 6.01. The Morgan fingerprint density at radius 3 is 2.43 bits per heavy atom. The topological polar surface area (TPSA) is 92.8 Å².